The summed E-state index contributed by atoms with van der Waals surface area (Å²) in [6.07, 6.45) is 1.33. The minimum Gasteiger partial charge on any atom is -0.485 e. The number of hydrogen-bond donors (Lipinski definition) is 1. The SMILES string of the molecule is O=S(=O)(O)C=Cc1ccccc1.c1scc2c1OCCO2. The van der Waals surface area contributed by atoms with Gasteiger partial charge in [0.1, 0.15) is 13.2 Å². The maximum atomic E-state index is 10.3. The molecular weight excluding hydrogens is 312 g/mol. The van der Waals surface area contributed by atoms with Crippen LogP contribution in [0.15, 0.2) is 46.5 Å². The van der Waals surface area contributed by atoms with Gasteiger partial charge in [-0.3, -0.25) is 4.55 Å². The average molecular weight is 326 g/mol. The van der Waals surface area contributed by atoms with Gasteiger partial charge in [-0.15, -0.1) is 11.3 Å². The van der Waals surface area contributed by atoms with Crippen molar-refractivity contribution < 1.29 is 22.4 Å². The van der Waals surface area contributed by atoms with E-state index in [0.29, 0.717) is 13.2 Å². The molecule has 0 amide bonds. The first-order valence-electron chi connectivity index (χ1n) is 6.07. The van der Waals surface area contributed by atoms with Crippen LogP contribution in [0.3, 0.4) is 0 Å². The van der Waals surface area contributed by atoms with E-state index in [1.165, 1.54) is 6.08 Å². The molecule has 3 rings (SSSR count). The predicted molar refractivity (Wildman–Crippen MR) is 82.3 cm³/mol. The van der Waals surface area contributed by atoms with Crippen LogP contribution in [0.1, 0.15) is 5.56 Å². The molecule has 21 heavy (non-hydrogen) atoms. The van der Waals surface area contributed by atoms with Gasteiger partial charge < -0.3 is 9.47 Å². The molecule has 112 valence electrons. The lowest BCUT2D eigenvalue weighted by atomic mass is 10.2. The van der Waals surface area contributed by atoms with Crippen molar-refractivity contribution >= 4 is 27.5 Å². The van der Waals surface area contributed by atoms with Crippen molar-refractivity contribution in [2.45, 2.75) is 0 Å². The second-order valence-corrected chi connectivity index (χ2v) is 6.07. The van der Waals surface area contributed by atoms with Gasteiger partial charge >= 0.3 is 0 Å². The first kappa shape index (κ1) is 15.6. The topological polar surface area (TPSA) is 72.8 Å². The molecular formula is C14H14O5S2. The molecule has 1 aromatic carbocycles. The molecule has 0 aliphatic carbocycles. The largest absolute Gasteiger partial charge is 0.485 e. The zero-order chi connectivity index (χ0) is 15.1. The summed E-state index contributed by atoms with van der Waals surface area (Å²) < 4.78 is 39.4. The van der Waals surface area contributed by atoms with Gasteiger partial charge in [0.05, 0.1) is 5.41 Å². The molecule has 0 fully saturated rings. The third-order valence-corrected chi connectivity index (χ3v) is 3.60. The number of rotatable bonds is 2. The molecule has 5 nitrogen and oxygen atoms in total. The second kappa shape index (κ2) is 7.26. The minimum atomic E-state index is -4.00. The van der Waals surface area contributed by atoms with Gasteiger partial charge in [-0.25, -0.2) is 0 Å². The predicted octanol–water partition coefficient (Wildman–Crippen LogP) is 3.06. The lowest BCUT2D eigenvalue weighted by Crippen LogP contribution is -2.13. The summed E-state index contributed by atoms with van der Waals surface area (Å²) >= 11 is 1.61. The number of hydrogen-bond acceptors (Lipinski definition) is 5. The number of ether oxygens (including phenoxy) is 2. The molecule has 2 heterocycles. The van der Waals surface area contributed by atoms with E-state index in [1.807, 2.05) is 16.8 Å². The van der Waals surface area contributed by atoms with Gasteiger partial charge in [0.15, 0.2) is 11.5 Å². The van der Waals surface area contributed by atoms with Crippen LogP contribution < -0.4 is 9.47 Å². The Labute approximate surface area is 127 Å². The van der Waals surface area contributed by atoms with E-state index in [1.54, 1.807) is 35.6 Å². The van der Waals surface area contributed by atoms with Crippen LogP contribution in [-0.2, 0) is 10.1 Å². The summed E-state index contributed by atoms with van der Waals surface area (Å²) in [5.41, 5.74) is 0.732. The fourth-order valence-corrected chi connectivity index (χ4v) is 2.53. The van der Waals surface area contributed by atoms with Gasteiger partial charge in [0, 0.05) is 10.8 Å². The van der Waals surface area contributed by atoms with E-state index in [-0.39, 0.29) is 0 Å². The van der Waals surface area contributed by atoms with Crippen molar-refractivity contribution in [2.75, 3.05) is 13.2 Å². The molecule has 7 heteroatoms. The van der Waals surface area contributed by atoms with Crippen molar-refractivity contribution in [1.29, 1.82) is 0 Å². The average Bonchev–Trinajstić information content (AvgIpc) is 2.95. The third kappa shape index (κ3) is 5.58. The lowest BCUT2D eigenvalue weighted by molar-refractivity contribution is 0.173. The molecule has 0 atom stereocenters. The van der Waals surface area contributed by atoms with Crippen LogP contribution in [0.2, 0.25) is 0 Å². The molecule has 1 N–H and O–H groups in total. The Morgan fingerprint density at radius 3 is 2.14 bits per heavy atom. The van der Waals surface area contributed by atoms with E-state index in [0.717, 1.165) is 22.5 Å². The van der Waals surface area contributed by atoms with Crippen LogP contribution in [0.25, 0.3) is 6.08 Å². The third-order valence-electron chi connectivity index (χ3n) is 2.42. The van der Waals surface area contributed by atoms with Crippen LogP contribution in [-0.4, -0.2) is 26.2 Å². The highest BCUT2D eigenvalue weighted by molar-refractivity contribution is 7.88. The summed E-state index contributed by atoms with van der Waals surface area (Å²) in [5, 5.41) is 4.66. The van der Waals surface area contributed by atoms with E-state index < -0.39 is 10.1 Å². The Morgan fingerprint density at radius 2 is 1.62 bits per heavy atom. The first-order valence-corrected chi connectivity index (χ1v) is 8.51. The van der Waals surface area contributed by atoms with Crippen LogP contribution in [0.5, 0.6) is 11.5 Å². The smallest absolute Gasteiger partial charge is 0.287 e. The number of fused-ring (bicyclic) bond motifs is 1. The normalized spacial score (nSPS) is 13.6. The monoisotopic (exact) mass is 326 g/mol. The van der Waals surface area contributed by atoms with Gasteiger partial charge in [0.2, 0.25) is 0 Å². The van der Waals surface area contributed by atoms with Crippen LogP contribution >= 0.6 is 11.3 Å². The van der Waals surface area contributed by atoms with E-state index in [9.17, 15) is 8.42 Å². The van der Waals surface area contributed by atoms with Crippen molar-refractivity contribution in [3.8, 4) is 11.5 Å². The minimum absolute atomic E-state index is 0.684. The Hall–Kier alpha value is -1.83. The number of thiophene rings is 1. The highest BCUT2D eigenvalue weighted by Gasteiger charge is 2.10. The Bertz CT molecular complexity index is 669. The van der Waals surface area contributed by atoms with Crippen molar-refractivity contribution in [3.63, 3.8) is 0 Å². The molecule has 0 saturated carbocycles. The molecule has 1 aliphatic heterocycles. The van der Waals surface area contributed by atoms with Gasteiger partial charge in [0.25, 0.3) is 10.1 Å². The molecule has 2 aromatic rings. The Kier molecular flexibility index (Phi) is 5.38. The highest BCUT2D eigenvalue weighted by Crippen LogP contribution is 2.33. The summed E-state index contributed by atoms with van der Waals surface area (Å²) in [4.78, 5) is 0. The Morgan fingerprint density at radius 1 is 1.05 bits per heavy atom. The fourth-order valence-electron chi connectivity index (χ4n) is 1.52. The van der Waals surface area contributed by atoms with Gasteiger partial charge in [-0.1, -0.05) is 30.3 Å². The van der Waals surface area contributed by atoms with Gasteiger partial charge in [-0.05, 0) is 11.6 Å². The molecule has 1 aliphatic rings. The molecule has 0 unspecified atom stereocenters. The quantitative estimate of drug-likeness (QED) is 0.859. The van der Waals surface area contributed by atoms with Crippen LogP contribution in [0.4, 0.5) is 0 Å². The van der Waals surface area contributed by atoms with E-state index in [4.69, 9.17) is 14.0 Å². The van der Waals surface area contributed by atoms with Crippen molar-refractivity contribution in [3.05, 3.63) is 52.1 Å². The molecule has 0 spiro atoms. The van der Waals surface area contributed by atoms with E-state index in [2.05, 4.69) is 0 Å². The summed E-state index contributed by atoms with van der Waals surface area (Å²) in [6, 6.07) is 8.86. The molecule has 0 radical (unpaired) electrons. The standard InChI is InChI=1S/C8H8O3S.C6H6O2S/c9-12(10,11)7-6-8-4-2-1-3-5-8;1-2-8-6-4-9-3-5(6)7-1/h1-7H,(H,9,10,11);3-4H,1-2H2. The zero-order valence-electron chi connectivity index (χ0n) is 11.0. The maximum absolute atomic E-state index is 10.3. The highest BCUT2D eigenvalue weighted by atomic mass is 32.2. The maximum Gasteiger partial charge on any atom is 0.287 e. The van der Waals surface area contributed by atoms with Crippen LogP contribution in [0, 0.1) is 0 Å². The fraction of sp³-hybridized carbons (Fsp3) is 0.143. The number of benzene rings is 1. The second-order valence-electron chi connectivity index (χ2n) is 4.03. The summed E-state index contributed by atoms with van der Waals surface area (Å²) in [6.45, 7) is 1.37. The van der Waals surface area contributed by atoms with E-state index >= 15 is 0 Å². The van der Waals surface area contributed by atoms with Gasteiger partial charge in [-0.2, -0.15) is 8.42 Å². The van der Waals surface area contributed by atoms with Crippen molar-refractivity contribution in [1.82, 2.24) is 0 Å². The zero-order valence-corrected chi connectivity index (χ0v) is 12.6. The lowest BCUT2D eigenvalue weighted by Gasteiger charge is -2.13. The van der Waals surface area contributed by atoms with Crippen molar-refractivity contribution in [2.24, 2.45) is 0 Å². The molecule has 1 aromatic heterocycles. The summed E-state index contributed by atoms with van der Waals surface area (Å²) in [7, 11) is -4.00. The molecule has 0 saturated heterocycles. The Balaban J connectivity index is 0.000000159. The first-order chi connectivity index (χ1) is 10.0. The molecule has 0 bridgehead atoms. The summed E-state index contributed by atoms with van der Waals surface area (Å²) in [5.74, 6) is 1.79.